The average molecular weight is 315 g/mol. The molecule has 3 rings (SSSR count). The summed E-state index contributed by atoms with van der Waals surface area (Å²) in [5.74, 6) is 0. The van der Waals surface area contributed by atoms with E-state index in [4.69, 9.17) is 0 Å². The van der Waals surface area contributed by atoms with Crippen molar-refractivity contribution in [1.82, 2.24) is 9.55 Å². The van der Waals surface area contributed by atoms with E-state index in [2.05, 4.69) is 20.9 Å². The van der Waals surface area contributed by atoms with E-state index in [1.807, 2.05) is 49.4 Å². The first-order valence-corrected chi connectivity index (χ1v) is 6.69. The first kappa shape index (κ1) is 12.1. The fraction of sp³-hybridized carbons (Fsp3) is 0.0667. The molecule has 0 fully saturated rings. The van der Waals surface area contributed by atoms with Crippen molar-refractivity contribution in [2.24, 2.45) is 0 Å². The Balaban J connectivity index is 2.39. The van der Waals surface area contributed by atoms with Crippen LogP contribution < -0.4 is 5.56 Å². The highest BCUT2D eigenvalue weighted by Crippen LogP contribution is 2.22. The van der Waals surface area contributed by atoms with E-state index in [1.54, 1.807) is 10.9 Å². The predicted molar refractivity (Wildman–Crippen MR) is 79.8 cm³/mol. The van der Waals surface area contributed by atoms with Gasteiger partial charge in [-0.05, 0) is 36.8 Å². The van der Waals surface area contributed by atoms with Gasteiger partial charge in [-0.2, -0.15) is 0 Å². The number of aryl methyl sites for hydroxylation is 1. The van der Waals surface area contributed by atoms with E-state index in [0.29, 0.717) is 5.39 Å². The number of para-hydroxylation sites is 1. The van der Waals surface area contributed by atoms with Gasteiger partial charge in [0.1, 0.15) is 6.33 Å². The molecule has 0 aliphatic heterocycles. The maximum atomic E-state index is 12.6. The summed E-state index contributed by atoms with van der Waals surface area (Å²) in [5.41, 5.74) is 2.41. The molecule has 0 atom stereocenters. The van der Waals surface area contributed by atoms with E-state index in [1.165, 1.54) is 0 Å². The summed E-state index contributed by atoms with van der Waals surface area (Å²) in [6.45, 7) is 1.92. The van der Waals surface area contributed by atoms with Gasteiger partial charge in [-0.15, -0.1) is 0 Å². The SMILES string of the molecule is Cc1c(Br)ccc2ncn(-c3ccccc3)c(=O)c12. The first-order valence-electron chi connectivity index (χ1n) is 5.90. The zero-order valence-corrected chi connectivity index (χ0v) is 11.9. The van der Waals surface area contributed by atoms with E-state index >= 15 is 0 Å². The number of rotatable bonds is 1. The van der Waals surface area contributed by atoms with Gasteiger partial charge in [-0.1, -0.05) is 34.1 Å². The van der Waals surface area contributed by atoms with Gasteiger partial charge in [0.05, 0.1) is 16.6 Å². The molecule has 3 nitrogen and oxygen atoms in total. The molecule has 0 saturated heterocycles. The fourth-order valence-electron chi connectivity index (χ4n) is 2.11. The average Bonchev–Trinajstić information content (AvgIpc) is 2.44. The van der Waals surface area contributed by atoms with Crippen LogP contribution in [0.2, 0.25) is 0 Å². The lowest BCUT2D eigenvalue weighted by molar-refractivity contribution is 0.961. The van der Waals surface area contributed by atoms with Crippen molar-refractivity contribution < 1.29 is 0 Å². The molecule has 0 aliphatic rings. The predicted octanol–water partition coefficient (Wildman–Crippen LogP) is 3.46. The number of benzene rings is 2. The van der Waals surface area contributed by atoms with Gasteiger partial charge < -0.3 is 0 Å². The largest absolute Gasteiger partial charge is 0.268 e. The molecule has 3 aromatic rings. The lowest BCUT2D eigenvalue weighted by atomic mass is 10.1. The van der Waals surface area contributed by atoms with E-state index in [-0.39, 0.29) is 5.56 Å². The monoisotopic (exact) mass is 314 g/mol. The Morgan fingerprint density at radius 3 is 2.58 bits per heavy atom. The Kier molecular flexibility index (Phi) is 2.95. The van der Waals surface area contributed by atoms with Gasteiger partial charge in [0.2, 0.25) is 0 Å². The van der Waals surface area contributed by atoms with Gasteiger partial charge in [0.15, 0.2) is 0 Å². The van der Waals surface area contributed by atoms with E-state index in [9.17, 15) is 4.79 Å². The Morgan fingerprint density at radius 2 is 1.84 bits per heavy atom. The van der Waals surface area contributed by atoms with Crippen LogP contribution in [0.1, 0.15) is 5.56 Å². The minimum Gasteiger partial charge on any atom is -0.268 e. The van der Waals surface area contributed by atoms with E-state index < -0.39 is 0 Å². The molecule has 1 aromatic heterocycles. The standard InChI is InChI=1S/C15H11BrN2O/c1-10-12(16)7-8-13-14(10)15(19)18(9-17-13)11-5-3-2-4-6-11/h2-9H,1H3. The molecule has 0 amide bonds. The van der Waals surface area contributed by atoms with Crippen LogP contribution in [0.15, 0.2) is 58.1 Å². The quantitative estimate of drug-likeness (QED) is 0.689. The van der Waals surface area contributed by atoms with Crippen LogP contribution in [-0.2, 0) is 0 Å². The van der Waals surface area contributed by atoms with Gasteiger partial charge in [-0.3, -0.25) is 9.36 Å². The number of hydrogen-bond donors (Lipinski definition) is 0. The Labute approximate surface area is 118 Å². The summed E-state index contributed by atoms with van der Waals surface area (Å²) in [4.78, 5) is 17.0. The smallest absolute Gasteiger partial charge is 0.266 e. The van der Waals surface area contributed by atoms with Crippen LogP contribution in [0.4, 0.5) is 0 Å². The second kappa shape index (κ2) is 4.63. The van der Waals surface area contributed by atoms with Crippen molar-refractivity contribution in [2.75, 3.05) is 0 Å². The van der Waals surface area contributed by atoms with Gasteiger partial charge >= 0.3 is 0 Å². The molecule has 2 aromatic carbocycles. The zero-order valence-electron chi connectivity index (χ0n) is 10.3. The third kappa shape index (κ3) is 1.98. The zero-order chi connectivity index (χ0) is 13.4. The molecular formula is C15H11BrN2O. The second-order valence-electron chi connectivity index (χ2n) is 4.32. The van der Waals surface area contributed by atoms with E-state index in [0.717, 1.165) is 21.2 Å². The van der Waals surface area contributed by atoms with Crippen molar-refractivity contribution in [3.05, 3.63) is 69.2 Å². The molecule has 0 unspecified atom stereocenters. The molecular weight excluding hydrogens is 304 g/mol. The van der Waals surface area contributed by atoms with Crippen molar-refractivity contribution in [3.63, 3.8) is 0 Å². The number of nitrogens with zero attached hydrogens (tertiary/aromatic N) is 2. The summed E-state index contributed by atoms with van der Waals surface area (Å²) in [7, 11) is 0. The van der Waals surface area contributed by atoms with Crippen LogP contribution in [0, 0.1) is 6.92 Å². The lowest BCUT2D eigenvalue weighted by Gasteiger charge is -2.08. The number of fused-ring (bicyclic) bond motifs is 1. The summed E-state index contributed by atoms with van der Waals surface area (Å²) in [6.07, 6.45) is 1.58. The summed E-state index contributed by atoms with van der Waals surface area (Å²) in [6, 6.07) is 13.3. The molecule has 0 aliphatic carbocycles. The minimum atomic E-state index is -0.0463. The molecule has 0 radical (unpaired) electrons. The highest BCUT2D eigenvalue weighted by molar-refractivity contribution is 9.10. The first-order chi connectivity index (χ1) is 9.18. The van der Waals surface area contributed by atoms with Gasteiger partial charge in [0.25, 0.3) is 5.56 Å². The summed E-state index contributed by atoms with van der Waals surface area (Å²) in [5, 5.41) is 0.653. The molecule has 0 N–H and O–H groups in total. The summed E-state index contributed by atoms with van der Waals surface area (Å²) < 4.78 is 2.49. The Hall–Kier alpha value is -1.94. The lowest BCUT2D eigenvalue weighted by Crippen LogP contribution is -2.19. The number of aromatic nitrogens is 2. The molecule has 1 heterocycles. The topological polar surface area (TPSA) is 34.9 Å². The molecule has 0 bridgehead atoms. The number of halogens is 1. The molecule has 94 valence electrons. The highest BCUT2D eigenvalue weighted by Gasteiger charge is 2.09. The Bertz CT molecular complexity index is 809. The molecule has 0 spiro atoms. The van der Waals surface area contributed by atoms with Crippen molar-refractivity contribution in [3.8, 4) is 5.69 Å². The number of hydrogen-bond acceptors (Lipinski definition) is 2. The maximum Gasteiger partial charge on any atom is 0.266 e. The van der Waals surface area contributed by atoms with Crippen molar-refractivity contribution in [2.45, 2.75) is 6.92 Å². The highest BCUT2D eigenvalue weighted by atomic mass is 79.9. The second-order valence-corrected chi connectivity index (χ2v) is 5.18. The van der Waals surface area contributed by atoms with Crippen molar-refractivity contribution in [1.29, 1.82) is 0 Å². The van der Waals surface area contributed by atoms with Crippen molar-refractivity contribution >= 4 is 26.8 Å². The normalized spacial score (nSPS) is 10.8. The molecule has 19 heavy (non-hydrogen) atoms. The van der Waals surface area contributed by atoms with Crippen LogP contribution in [-0.4, -0.2) is 9.55 Å². The minimum absolute atomic E-state index is 0.0463. The third-order valence-electron chi connectivity index (χ3n) is 3.16. The maximum absolute atomic E-state index is 12.6. The fourth-order valence-corrected chi connectivity index (χ4v) is 2.45. The van der Waals surface area contributed by atoms with Crippen LogP contribution in [0.25, 0.3) is 16.6 Å². The molecule has 0 saturated carbocycles. The Morgan fingerprint density at radius 1 is 1.11 bits per heavy atom. The molecule has 4 heteroatoms. The van der Waals surface area contributed by atoms with Crippen LogP contribution in [0.3, 0.4) is 0 Å². The van der Waals surface area contributed by atoms with Crippen LogP contribution in [0.5, 0.6) is 0 Å². The van der Waals surface area contributed by atoms with Gasteiger partial charge in [-0.25, -0.2) is 4.98 Å². The van der Waals surface area contributed by atoms with Crippen LogP contribution >= 0.6 is 15.9 Å². The summed E-state index contributed by atoms with van der Waals surface area (Å²) >= 11 is 3.46. The third-order valence-corrected chi connectivity index (χ3v) is 4.02. The van der Waals surface area contributed by atoms with Gasteiger partial charge in [0, 0.05) is 4.47 Å².